The van der Waals surface area contributed by atoms with Gasteiger partial charge in [-0.15, -0.1) is 0 Å². The molecule has 11 heteroatoms. The van der Waals surface area contributed by atoms with E-state index in [1.165, 1.54) is 0 Å². The Kier molecular flexibility index (Phi) is 12.6. The Bertz CT molecular complexity index is 2950. The predicted octanol–water partition coefficient (Wildman–Crippen LogP) is 13.8. The average molecular weight is 910 g/mol. The summed E-state index contributed by atoms with van der Waals surface area (Å²) in [7, 11) is 2.42. The summed E-state index contributed by atoms with van der Waals surface area (Å²) in [5.74, 6) is 3.08. The summed E-state index contributed by atoms with van der Waals surface area (Å²) in [4.78, 5) is 4.38. The second-order valence-corrected chi connectivity index (χ2v) is 18.1. The number of methoxy groups -OCH3 is 4. The van der Waals surface area contributed by atoms with Crippen LogP contribution in [0.5, 0.6) is 23.0 Å². The molecule has 10 nitrogen and oxygen atoms in total. The van der Waals surface area contributed by atoms with E-state index >= 15 is 0 Å². The average Bonchev–Trinajstić information content (AvgIpc) is 3.70. The minimum absolute atomic E-state index is 0.231. The van der Waals surface area contributed by atoms with Crippen molar-refractivity contribution in [3.05, 3.63) is 182 Å². The number of fused-ring (bicyclic) bond motifs is 3. The Morgan fingerprint density at radius 1 is 0.448 bits per heavy atom. The summed E-state index contributed by atoms with van der Waals surface area (Å²) in [6.07, 6.45) is 0.231. The van der Waals surface area contributed by atoms with Gasteiger partial charge in [0.1, 0.15) is 23.0 Å². The number of aryl methyl sites for hydroxylation is 1. The van der Waals surface area contributed by atoms with E-state index in [4.69, 9.17) is 18.9 Å². The van der Waals surface area contributed by atoms with Crippen LogP contribution in [0.1, 0.15) is 13.3 Å². The van der Waals surface area contributed by atoms with Gasteiger partial charge < -0.3 is 33.3 Å². The molecule has 0 saturated carbocycles. The van der Waals surface area contributed by atoms with Crippen molar-refractivity contribution in [3.8, 4) is 45.3 Å². The lowest BCUT2D eigenvalue weighted by Crippen LogP contribution is -2.18. The van der Waals surface area contributed by atoms with E-state index in [9.17, 15) is 13.0 Å². The Hall–Kier alpha value is -7.73. The number of ether oxygens (including phenoxy) is 4. The highest BCUT2D eigenvalue weighted by atomic mass is 32.2. The maximum Gasteiger partial charge on any atom is 0.267 e. The zero-order valence-corrected chi connectivity index (χ0v) is 38.8. The number of rotatable bonds is 16. The van der Waals surface area contributed by atoms with Crippen LogP contribution < -0.4 is 28.7 Å². The van der Waals surface area contributed by atoms with E-state index in [2.05, 4.69) is 99.3 Å². The third-order valence-electron chi connectivity index (χ3n) is 12.4. The molecule has 9 rings (SSSR count). The summed E-state index contributed by atoms with van der Waals surface area (Å²) in [6.45, 7) is 1.93. The van der Waals surface area contributed by atoms with Crippen molar-refractivity contribution in [1.29, 1.82) is 0 Å². The first-order valence-corrected chi connectivity index (χ1v) is 23.5. The molecule has 67 heavy (non-hydrogen) atoms. The van der Waals surface area contributed by atoms with Crippen molar-refractivity contribution in [2.24, 2.45) is 0 Å². The smallest absolute Gasteiger partial charge is 0.267 e. The molecule has 0 amide bonds. The zero-order valence-electron chi connectivity index (χ0n) is 38.0. The molecule has 8 aromatic carbocycles. The fourth-order valence-corrected chi connectivity index (χ4v) is 9.17. The normalized spacial score (nSPS) is 11.9. The number of benzene rings is 8. The molecule has 0 aliphatic rings. The highest BCUT2D eigenvalue weighted by Gasteiger charge is 2.23. The first-order chi connectivity index (χ1) is 32.6. The number of hydrogen-bond acceptors (Lipinski definition) is 8. The highest BCUT2D eigenvalue weighted by molar-refractivity contribution is 7.86. The van der Waals surface area contributed by atoms with E-state index in [0.29, 0.717) is 6.54 Å². The SMILES string of the molecule is COc1ccc(N(c2ccc(OC)cc2)c2ccc(-c3cccc4c3c3c(-c5ccc(N(c6ccc(OC)cc6)c6ccc(OC)cc6)cc5)cccc3n4CCC(C)S(=O)(=O)O)cc2)cc1. The van der Waals surface area contributed by atoms with Crippen LogP contribution in [-0.4, -0.2) is 51.2 Å². The second kappa shape index (κ2) is 19.0. The molecular weight excluding hydrogens is 859 g/mol. The summed E-state index contributed by atoms with van der Waals surface area (Å²) in [6, 6.07) is 61.7. The van der Waals surface area contributed by atoms with Crippen molar-refractivity contribution >= 4 is 66.0 Å². The van der Waals surface area contributed by atoms with Gasteiger partial charge in [-0.25, -0.2) is 0 Å². The van der Waals surface area contributed by atoms with Crippen LogP contribution in [0, 0.1) is 0 Å². The van der Waals surface area contributed by atoms with E-state index in [-0.39, 0.29) is 6.42 Å². The van der Waals surface area contributed by atoms with Crippen molar-refractivity contribution in [3.63, 3.8) is 0 Å². The molecule has 338 valence electrons. The van der Waals surface area contributed by atoms with Crippen LogP contribution in [-0.2, 0) is 16.7 Å². The molecule has 0 fully saturated rings. The van der Waals surface area contributed by atoms with Gasteiger partial charge in [-0.05, 0) is 169 Å². The summed E-state index contributed by atoms with van der Waals surface area (Å²) in [5, 5.41) is 1.15. The van der Waals surface area contributed by atoms with Crippen molar-refractivity contribution in [2.45, 2.75) is 25.1 Å². The Balaban J connectivity index is 1.17. The molecule has 0 saturated heterocycles. The lowest BCUT2D eigenvalue weighted by molar-refractivity contribution is 0.414. The second-order valence-electron chi connectivity index (χ2n) is 16.2. The first-order valence-electron chi connectivity index (χ1n) is 22.0. The minimum atomic E-state index is -4.23. The molecule has 0 radical (unpaired) electrons. The van der Waals surface area contributed by atoms with Crippen molar-refractivity contribution in [2.75, 3.05) is 38.2 Å². The summed E-state index contributed by atoms with van der Waals surface area (Å²) < 4.78 is 58.6. The fraction of sp³-hybridized carbons (Fsp3) is 0.143. The van der Waals surface area contributed by atoms with Gasteiger partial charge in [0.15, 0.2) is 0 Å². The molecular formula is C56H51N3O7S. The lowest BCUT2D eigenvalue weighted by Gasteiger charge is -2.26. The van der Waals surface area contributed by atoms with Crippen LogP contribution in [0.15, 0.2) is 182 Å². The third-order valence-corrected chi connectivity index (χ3v) is 13.6. The van der Waals surface area contributed by atoms with E-state index in [0.717, 1.165) is 101 Å². The number of anilines is 6. The Morgan fingerprint density at radius 2 is 0.731 bits per heavy atom. The standard InChI is InChI=1S/C56H51N3O7S/c1-38(67(60,61)62)36-37-57-53-10-6-8-51(39-12-16-41(17-13-39)58(43-20-28-47(63-2)29-21-43)44-22-30-48(64-3)31-23-44)55(53)56-52(9-7-11-54(56)57)40-14-18-42(19-15-40)59(45-24-32-49(65-4)33-25-45)46-26-34-50(66-5)35-27-46/h6-35,38H,36-37H2,1-5H3,(H,60,61,62). The largest absolute Gasteiger partial charge is 0.497 e. The Morgan fingerprint density at radius 3 is 1.00 bits per heavy atom. The van der Waals surface area contributed by atoms with Crippen LogP contribution >= 0.6 is 0 Å². The van der Waals surface area contributed by atoms with Crippen molar-refractivity contribution < 1.29 is 31.9 Å². The van der Waals surface area contributed by atoms with Crippen LogP contribution in [0.25, 0.3) is 44.1 Å². The van der Waals surface area contributed by atoms with Gasteiger partial charge in [0.05, 0.1) is 33.7 Å². The lowest BCUT2D eigenvalue weighted by atomic mass is 9.94. The van der Waals surface area contributed by atoms with Gasteiger partial charge in [-0.1, -0.05) is 48.5 Å². The molecule has 0 aliphatic carbocycles. The monoisotopic (exact) mass is 909 g/mol. The molecule has 9 aromatic rings. The number of nitrogens with zero attached hydrogens (tertiary/aromatic N) is 3. The maximum atomic E-state index is 12.2. The predicted molar refractivity (Wildman–Crippen MR) is 272 cm³/mol. The summed E-state index contributed by atoms with van der Waals surface area (Å²) in [5.41, 5.74) is 11.8. The highest BCUT2D eigenvalue weighted by Crippen LogP contribution is 2.44. The topological polar surface area (TPSA) is 103 Å². The van der Waals surface area contributed by atoms with Gasteiger partial charge in [0.25, 0.3) is 10.1 Å². The van der Waals surface area contributed by atoms with Crippen LogP contribution in [0.2, 0.25) is 0 Å². The number of aromatic nitrogens is 1. The van der Waals surface area contributed by atoms with Gasteiger partial charge in [-0.3, -0.25) is 4.55 Å². The quantitative estimate of drug-likeness (QED) is 0.0949. The molecule has 0 bridgehead atoms. The Labute approximate surface area is 391 Å². The molecule has 1 atom stereocenters. The first kappa shape index (κ1) is 44.5. The minimum Gasteiger partial charge on any atom is -0.497 e. The van der Waals surface area contributed by atoms with E-state index < -0.39 is 15.4 Å². The van der Waals surface area contributed by atoms with Crippen LogP contribution in [0.4, 0.5) is 34.1 Å². The maximum absolute atomic E-state index is 12.2. The van der Waals surface area contributed by atoms with Gasteiger partial charge in [-0.2, -0.15) is 8.42 Å². The van der Waals surface area contributed by atoms with E-state index in [1.54, 1.807) is 35.4 Å². The number of hydrogen-bond donors (Lipinski definition) is 1. The van der Waals surface area contributed by atoms with Crippen LogP contribution in [0.3, 0.4) is 0 Å². The molecule has 1 heterocycles. The van der Waals surface area contributed by atoms with Gasteiger partial charge in [0.2, 0.25) is 0 Å². The molecule has 0 aliphatic heterocycles. The van der Waals surface area contributed by atoms with Gasteiger partial charge >= 0.3 is 0 Å². The fourth-order valence-electron chi connectivity index (χ4n) is 8.77. The van der Waals surface area contributed by atoms with Gasteiger partial charge in [0, 0.05) is 62.5 Å². The molecule has 1 N–H and O–H groups in total. The molecule has 1 unspecified atom stereocenters. The molecule has 0 spiro atoms. The third kappa shape index (κ3) is 8.99. The molecule has 1 aromatic heterocycles. The van der Waals surface area contributed by atoms with E-state index in [1.807, 2.05) is 97.1 Å². The van der Waals surface area contributed by atoms with Crippen molar-refractivity contribution in [1.82, 2.24) is 4.57 Å². The summed E-state index contributed by atoms with van der Waals surface area (Å²) >= 11 is 0. The zero-order chi connectivity index (χ0) is 46.7.